The average molecular weight is 1730 g/mol. The summed E-state index contributed by atoms with van der Waals surface area (Å²) >= 11 is 35.4. The molecule has 0 spiro atoms. The molecule has 38 heteroatoms. The number of nitrogens with two attached hydrogens (primary N) is 1. The lowest BCUT2D eigenvalue weighted by Gasteiger charge is -2.34. The van der Waals surface area contributed by atoms with Gasteiger partial charge in [-0.15, -0.1) is 0 Å². The van der Waals surface area contributed by atoms with Crippen molar-refractivity contribution in [3.8, 4) is 17.2 Å². The quantitative estimate of drug-likeness (QED) is 0.0247. The topological polar surface area (TPSA) is 374 Å². The van der Waals surface area contributed by atoms with Gasteiger partial charge in [0, 0.05) is 105 Å². The predicted molar refractivity (Wildman–Crippen MR) is 429 cm³/mol. The highest BCUT2D eigenvalue weighted by Crippen LogP contribution is 2.41. The van der Waals surface area contributed by atoms with Crippen molar-refractivity contribution >= 4 is 142 Å². The number of likely N-dealkylation sites (tertiary alicyclic amines) is 2. The Morgan fingerprint density at radius 2 is 0.902 bits per heavy atom. The predicted octanol–water partition coefficient (Wildman–Crippen LogP) is 20.5. The second-order valence-corrected chi connectivity index (χ2v) is 34.9. The molecule has 2 saturated heterocycles. The number of piperidine rings is 2. The summed E-state index contributed by atoms with van der Waals surface area (Å²) in [5.74, 6) is -0.827. The molecule has 6 aromatic rings. The molecule has 9 rings (SSSR count). The molecule has 5 N–H and O–H groups in total. The third-order valence-corrected chi connectivity index (χ3v) is 20.4. The molecule has 0 saturated carbocycles. The Bertz CT molecular complexity index is 4720. The van der Waals surface area contributed by atoms with Crippen LogP contribution in [-0.4, -0.2) is 143 Å². The van der Waals surface area contributed by atoms with Crippen molar-refractivity contribution < 1.29 is 87.8 Å². The number of ether oxygens (including phenoxy) is 3. The lowest BCUT2D eigenvalue weighted by Crippen LogP contribution is -2.41. The monoisotopic (exact) mass is 1730 g/mol. The largest absolute Gasteiger partial charge is 0.534 e. The molecule has 0 aromatic heterocycles. The molecule has 3 amide bonds. The van der Waals surface area contributed by atoms with Crippen LogP contribution >= 0.6 is 69.6 Å². The fraction of sp³-hybridized carbons (Fsp3) is 0.446. The SMILES string of the molecule is Cc1cc(N)c(C2CCN(C(=O)OC(C)(C)C)CC2)cc1Cl.Cc1cc(NS(C)(=O)=O)c(C2CCN(C(=O)OC(C)(C)C)CC2)cc1Cl.Cc1cc([N+](=O)[O-])c(C2=CCN(C(=O)OC(C)(C)C)CC2)cc1Cl.Cc1cc([N+](=O)[O-])c(O)cc1Cl.Cc1cc([N+](=O)[O-])c(OS(=O)(=O)C(F)(F)F)cc1Cl.Cc1ccc(O)cc1Cl. The summed E-state index contributed by atoms with van der Waals surface area (Å²) in [6, 6.07) is 19.4. The van der Waals surface area contributed by atoms with E-state index in [9.17, 15) is 74.7 Å². The number of alkyl halides is 3. The number of amides is 3. The Morgan fingerprint density at radius 3 is 1.31 bits per heavy atom. The van der Waals surface area contributed by atoms with E-state index in [1.54, 1.807) is 52.8 Å². The number of carbonyl (C=O) groups excluding carboxylic acids is 3. The number of hydrogen-bond donors (Lipinski definition) is 4. The van der Waals surface area contributed by atoms with Crippen molar-refractivity contribution in [1.29, 1.82) is 0 Å². The molecule has 3 aliphatic rings. The molecular weight excluding hydrogens is 1640 g/mol. The molecule has 3 aliphatic heterocycles. The van der Waals surface area contributed by atoms with Crippen LogP contribution in [0.4, 0.5) is 56.0 Å². The van der Waals surface area contributed by atoms with Gasteiger partial charge in [0.2, 0.25) is 15.8 Å². The van der Waals surface area contributed by atoms with E-state index in [1.165, 1.54) is 25.1 Å². The van der Waals surface area contributed by atoms with Crippen molar-refractivity contribution in [2.45, 2.75) is 170 Å². The smallest absolute Gasteiger partial charge is 0.508 e. The number of aryl methyl sites for hydroxylation is 6. The first-order valence-electron chi connectivity index (χ1n) is 34.2. The molecule has 112 heavy (non-hydrogen) atoms. The number of nitrogen functional groups attached to an aromatic ring is 1. The van der Waals surface area contributed by atoms with E-state index in [-0.39, 0.29) is 51.9 Å². The van der Waals surface area contributed by atoms with Gasteiger partial charge in [0.1, 0.15) is 22.6 Å². The Morgan fingerprint density at radius 1 is 0.518 bits per heavy atom. The van der Waals surface area contributed by atoms with Gasteiger partial charge in [-0.05, 0) is 240 Å². The molecule has 0 unspecified atom stereocenters. The maximum Gasteiger partial charge on any atom is 0.534 e. The highest BCUT2D eigenvalue weighted by atomic mass is 35.5. The van der Waals surface area contributed by atoms with Gasteiger partial charge in [0.05, 0.1) is 32.3 Å². The van der Waals surface area contributed by atoms with Gasteiger partial charge in [0.25, 0.3) is 5.69 Å². The van der Waals surface area contributed by atoms with Crippen LogP contribution in [0, 0.1) is 71.9 Å². The van der Waals surface area contributed by atoms with Crippen molar-refractivity contribution in [3.05, 3.63) is 195 Å². The third-order valence-electron chi connectivity index (χ3n) is 16.4. The minimum atomic E-state index is -6.00. The Hall–Kier alpha value is -8.50. The second-order valence-electron chi connectivity index (χ2n) is 29.1. The number of phenols is 2. The van der Waals surface area contributed by atoms with E-state index >= 15 is 0 Å². The summed E-state index contributed by atoms with van der Waals surface area (Å²) in [4.78, 5) is 71.5. The van der Waals surface area contributed by atoms with E-state index in [0.717, 1.165) is 88.2 Å². The number of hydrogen-bond acceptors (Lipinski definition) is 20. The number of anilines is 2. The maximum absolute atomic E-state index is 12.2. The number of phenolic OH excluding ortho intramolecular Hbond substituents is 2. The number of aromatic hydroxyl groups is 2. The second kappa shape index (κ2) is 40.0. The first-order valence-corrected chi connectivity index (χ1v) is 39.8. The average Bonchev–Trinajstić information content (AvgIpc) is 0.801. The standard InChI is InChI=1S/C18H27ClN2O4S.C17H21ClN2O4.C17H25ClN2O2.C8H5ClF3NO5S.C7H6ClNO3.C7H7ClO/c1-12-10-16(20-26(5,23)24)14(11-15(12)19)13-6-8-21(9-7-13)17(22)25-18(2,3)4;1-11-9-15(20(22)23)13(10-14(11)18)12-5-7-19(8-6-12)16(21)24-17(2,3)4;1-11-9-15(19)13(10-14(11)18)12-5-7-20(8-6-12)16(21)22-17(2,3)4;1-4-2-6(13(14)15)7(3-5(4)9)18-19(16,17)8(10,11)12;1-4-2-6(9(11)12)7(10)3-5(4)8;1-5-2-3-6(9)4-7(5)8/h10-11,13,20H,6-9H2,1-5H3;5,9-10H,6-8H2,1-4H3;9-10,12H,5-8,19H2,1-4H3;2-3H,1H3;2-3,10H,1H3;2-4,9H,1H3. The minimum absolute atomic E-state index is 0.0360. The zero-order valence-corrected chi connectivity index (χ0v) is 70.5. The van der Waals surface area contributed by atoms with Crippen molar-refractivity contribution in [2.75, 3.05) is 56.0 Å². The third kappa shape index (κ3) is 30.1. The van der Waals surface area contributed by atoms with Crippen LogP contribution in [0.1, 0.15) is 156 Å². The lowest BCUT2D eigenvalue weighted by atomic mass is 9.88. The number of nitrogens with zero attached hydrogens (tertiary/aromatic N) is 6. The van der Waals surface area contributed by atoms with Gasteiger partial charge in [-0.25, -0.2) is 22.8 Å². The zero-order valence-electron chi connectivity index (χ0n) is 64.3. The fourth-order valence-electron chi connectivity index (χ4n) is 10.7. The molecule has 3 heterocycles. The molecule has 27 nitrogen and oxygen atoms in total. The first-order chi connectivity index (χ1) is 51.3. The van der Waals surface area contributed by atoms with Crippen molar-refractivity contribution in [1.82, 2.24) is 14.7 Å². The molecule has 6 aromatic carbocycles. The number of nitro groups is 3. The number of rotatable bonds is 10. The van der Waals surface area contributed by atoms with Gasteiger partial charge in [-0.1, -0.05) is 81.7 Å². The Labute approximate surface area is 678 Å². The molecular formula is C74H91Cl6F3N8O19S2. The van der Waals surface area contributed by atoms with Crippen LogP contribution < -0.4 is 14.6 Å². The number of nitro benzene ring substituents is 3. The summed E-state index contributed by atoms with van der Waals surface area (Å²) < 4.78 is 104. The highest BCUT2D eigenvalue weighted by Gasteiger charge is 2.49. The zero-order chi connectivity index (χ0) is 85.4. The van der Waals surface area contributed by atoms with Gasteiger partial charge in [-0.3, -0.25) is 35.1 Å². The summed E-state index contributed by atoms with van der Waals surface area (Å²) in [6.45, 7) is 30.3. The maximum atomic E-state index is 12.2. The summed E-state index contributed by atoms with van der Waals surface area (Å²) in [5, 5.41) is 52.7. The van der Waals surface area contributed by atoms with Crippen molar-refractivity contribution in [2.24, 2.45) is 0 Å². The normalized spacial score (nSPS) is 14.2. The molecule has 616 valence electrons. The van der Waals surface area contributed by atoms with E-state index in [2.05, 4.69) is 8.91 Å². The Balaban J connectivity index is 0.000000291. The van der Waals surface area contributed by atoms with Gasteiger partial charge < -0.3 is 49.0 Å². The van der Waals surface area contributed by atoms with Gasteiger partial charge in [0.15, 0.2) is 5.75 Å². The van der Waals surface area contributed by atoms with E-state index in [0.29, 0.717) is 100 Å². The minimum Gasteiger partial charge on any atom is -0.508 e. The van der Waals surface area contributed by atoms with E-state index in [4.69, 9.17) is 99.8 Å². The molecule has 2 fully saturated rings. The molecule has 0 aliphatic carbocycles. The van der Waals surface area contributed by atoms with Gasteiger partial charge in [-0.2, -0.15) is 21.6 Å². The number of benzene rings is 6. The summed E-state index contributed by atoms with van der Waals surface area (Å²) in [7, 11) is -9.39. The first kappa shape index (κ1) is 95.9. The molecule has 0 atom stereocenters. The van der Waals surface area contributed by atoms with Crippen LogP contribution in [-0.2, 0) is 34.4 Å². The number of nitrogens with one attached hydrogen (secondary N) is 1. The van der Waals surface area contributed by atoms with Crippen LogP contribution in [0.3, 0.4) is 0 Å². The number of sulfonamides is 1. The summed E-state index contributed by atoms with van der Waals surface area (Å²) in [6.07, 6.45) is 5.73. The van der Waals surface area contributed by atoms with Crippen molar-refractivity contribution in [3.63, 3.8) is 0 Å². The van der Waals surface area contributed by atoms with Gasteiger partial charge >= 0.3 is 45.3 Å². The fourth-order valence-corrected chi connectivity index (χ4v) is 12.7. The van der Waals surface area contributed by atoms with Crippen LogP contribution in [0.15, 0.2) is 84.9 Å². The lowest BCUT2D eigenvalue weighted by molar-refractivity contribution is -0.386. The number of carbonyl (C=O) groups is 3. The highest BCUT2D eigenvalue weighted by molar-refractivity contribution is 7.92. The number of halogens is 9. The molecule has 0 bridgehead atoms. The van der Waals surface area contributed by atoms with E-state index < -0.39 is 74.4 Å². The van der Waals surface area contributed by atoms with E-state index in [1.807, 2.05) is 107 Å². The molecule has 0 radical (unpaired) electrons. The van der Waals surface area contributed by atoms with Crippen LogP contribution in [0.25, 0.3) is 5.57 Å². The Kier molecular flexibility index (Phi) is 34.2. The van der Waals surface area contributed by atoms with Crippen LogP contribution in [0.2, 0.25) is 30.1 Å². The van der Waals surface area contributed by atoms with Crippen LogP contribution in [0.5, 0.6) is 17.2 Å². The summed E-state index contributed by atoms with van der Waals surface area (Å²) in [5.41, 5.74) is 6.55.